The van der Waals surface area contributed by atoms with Gasteiger partial charge in [0.25, 0.3) is 0 Å². The maximum Gasteiger partial charge on any atom is 0.387 e. The van der Waals surface area contributed by atoms with E-state index in [-0.39, 0.29) is 57.8 Å². The molecule has 54 heavy (non-hydrogen) atoms. The Bertz CT molecular complexity index is 1910. The maximum absolute atomic E-state index is 15.0. The van der Waals surface area contributed by atoms with Crippen molar-refractivity contribution >= 4 is 35.1 Å². The van der Waals surface area contributed by atoms with Crippen LogP contribution in [-0.4, -0.2) is 60.3 Å². The van der Waals surface area contributed by atoms with E-state index in [0.717, 1.165) is 25.9 Å². The van der Waals surface area contributed by atoms with Gasteiger partial charge in [-0.05, 0) is 92.7 Å². The number of carbonyl (C=O) groups excluding carboxylic acids is 2. The van der Waals surface area contributed by atoms with Gasteiger partial charge in [-0.15, -0.1) is 0 Å². The van der Waals surface area contributed by atoms with Crippen molar-refractivity contribution in [3.8, 4) is 11.5 Å². The van der Waals surface area contributed by atoms with Crippen LogP contribution < -0.4 is 14.8 Å². The minimum atomic E-state index is -3.08. The number of nitrogens with one attached hydrogen (secondary N) is 1. The SMILES string of the molecule is CC(C)Oc1cc(C(Cc2c(Cl)cncc2Cl)OC(=O)c2ccc(CNC(C(=O)O[C@H]3CN4CCC3CC4)c3ccccc3F)cc2)ccc1OC(F)F. The lowest BCUT2D eigenvalue weighted by atomic mass is 9.86. The number of rotatable bonds is 15. The summed E-state index contributed by atoms with van der Waals surface area (Å²) in [6.45, 7) is 3.20. The Morgan fingerprint density at radius 1 is 0.944 bits per heavy atom. The van der Waals surface area contributed by atoms with Gasteiger partial charge in [0.2, 0.25) is 0 Å². The van der Waals surface area contributed by atoms with E-state index in [0.29, 0.717) is 29.2 Å². The van der Waals surface area contributed by atoms with Gasteiger partial charge in [-0.3, -0.25) is 15.2 Å². The second-order valence-electron chi connectivity index (χ2n) is 13.6. The highest BCUT2D eigenvalue weighted by Gasteiger charge is 2.38. The van der Waals surface area contributed by atoms with Crippen LogP contribution in [0.5, 0.6) is 11.5 Å². The summed E-state index contributed by atoms with van der Waals surface area (Å²) < 4.78 is 63.7. The summed E-state index contributed by atoms with van der Waals surface area (Å²) in [6.07, 6.45) is 3.17. The minimum absolute atomic E-state index is 0.0251. The predicted octanol–water partition coefficient (Wildman–Crippen LogP) is 8.53. The van der Waals surface area contributed by atoms with Crippen molar-refractivity contribution < 1.29 is 41.7 Å². The average Bonchev–Trinajstić information content (AvgIpc) is 3.14. The van der Waals surface area contributed by atoms with Gasteiger partial charge in [0.15, 0.2) is 11.5 Å². The first kappa shape index (κ1) is 39.3. The summed E-state index contributed by atoms with van der Waals surface area (Å²) in [6, 6.07) is 15.8. The summed E-state index contributed by atoms with van der Waals surface area (Å²) in [7, 11) is 0. The van der Waals surface area contributed by atoms with E-state index >= 15 is 0 Å². The van der Waals surface area contributed by atoms with Crippen LogP contribution in [-0.2, 0) is 27.2 Å². The van der Waals surface area contributed by atoms with Gasteiger partial charge in [-0.25, -0.2) is 14.0 Å². The lowest BCUT2D eigenvalue weighted by Crippen LogP contribution is -2.52. The third-order valence-electron chi connectivity index (χ3n) is 9.53. The zero-order chi connectivity index (χ0) is 38.4. The summed E-state index contributed by atoms with van der Waals surface area (Å²) >= 11 is 12.8. The molecule has 7 rings (SSSR count). The molecule has 3 saturated heterocycles. The first-order valence-electron chi connectivity index (χ1n) is 17.7. The molecule has 1 N–H and O–H groups in total. The van der Waals surface area contributed by atoms with E-state index < -0.39 is 36.5 Å². The predicted molar refractivity (Wildman–Crippen MR) is 196 cm³/mol. The quantitative estimate of drug-likeness (QED) is 0.119. The first-order valence-corrected chi connectivity index (χ1v) is 18.4. The number of ether oxygens (including phenoxy) is 4. The average molecular weight is 787 g/mol. The fraction of sp³-hybridized carbons (Fsp3) is 0.375. The van der Waals surface area contributed by atoms with Crippen LogP contribution >= 0.6 is 23.2 Å². The molecule has 0 amide bonds. The zero-order valence-corrected chi connectivity index (χ0v) is 31.2. The molecule has 0 aliphatic carbocycles. The van der Waals surface area contributed by atoms with E-state index in [1.807, 2.05) is 0 Å². The normalized spacial score (nSPS) is 19.0. The van der Waals surface area contributed by atoms with Gasteiger partial charge in [-0.2, -0.15) is 8.78 Å². The molecule has 286 valence electrons. The van der Waals surface area contributed by atoms with Crippen molar-refractivity contribution in [1.29, 1.82) is 0 Å². The number of hydrogen-bond donors (Lipinski definition) is 1. The van der Waals surface area contributed by atoms with Crippen LogP contribution in [0.15, 0.2) is 79.1 Å². The molecule has 3 fully saturated rings. The molecule has 2 unspecified atom stereocenters. The highest BCUT2D eigenvalue weighted by molar-refractivity contribution is 6.35. The molecule has 0 radical (unpaired) electrons. The van der Waals surface area contributed by atoms with Crippen molar-refractivity contribution in [3.63, 3.8) is 0 Å². The topological polar surface area (TPSA) is 99.2 Å². The Morgan fingerprint density at radius 2 is 1.65 bits per heavy atom. The molecule has 3 aliphatic rings. The molecule has 2 bridgehead atoms. The standard InChI is InChI=1S/C40H40Cl2F3N3O6/c1-23(2)51-35-17-27(11-12-33(35)54-40(44)45)34(18-29-30(41)20-46-21-31(29)42)52-38(49)26-9-7-24(8-10-26)19-47-37(28-5-3-4-6-32(28)43)39(50)53-36-22-48-15-13-25(36)14-16-48/h3-12,17,20-21,23,25,34,36-37,40,47H,13-16,18-19,22H2,1-2H3/t34?,36-,37?/m0/s1. The molecule has 3 aromatic carbocycles. The highest BCUT2D eigenvalue weighted by Crippen LogP contribution is 2.37. The number of esters is 2. The van der Waals surface area contributed by atoms with Crippen LogP contribution in [0.1, 0.15) is 71.4 Å². The number of carbonyl (C=O) groups is 2. The lowest BCUT2D eigenvalue weighted by Gasteiger charge is -2.44. The largest absolute Gasteiger partial charge is 0.487 e. The van der Waals surface area contributed by atoms with Crippen LogP contribution in [0.4, 0.5) is 13.2 Å². The lowest BCUT2D eigenvalue weighted by molar-refractivity contribution is -0.161. The summed E-state index contributed by atoms with van der Waals surface area (Å²) in [5.41, 5.74) is 1.97. The first-order chi connectivity index (χ1) is 25.9. The van der Waals surface area contributed by atoms with Crippen molar-refractivity contribution in [2.24, 2.45) is 5.92 Å². The van der Waals surface area contributed by atoms with Crippen molar-refractivity contribution in [3.05, 3.63) is 123 Å². The van der Waals surface area contributed by atoms with Gasteiger partial charge >= 0.3 is 18.6 Å². The molecule has 3 aliphatic heterocycles. The number of nitrogens with zero attached hydrogens (tertiary/aromatic N) is 2. The summed E-state index contributed by atoms with van der Waals surface area (Å²) in [5, 5.41) is 3.65. The monoisotopic (exact) mass is 785 g/mol. The summed E-state index contributed by atoms with van der Waals surface area (Å²) in [5.74, 6) is -1.61. The Balaban J connectivity index is 1.19. The molecule has 9 nitrogen and oxygen atoms in total. The van der Waals surface area contributed by atoms with Gasteiger partial charge < -0.3 is 18.9 Å². The third kappa shape index (κ3) is 9.84. The fourth-order valence-corrected chi connectivity index (χ4v) is 7.30. The van der Waals surface area contributed by atoms with Crippen molar-refractivity contribution in [2.45, 2.75) is 70.6 Å². The minimum Gasteiger partial charge on any atom is -0.487 e. The van der Waals surface area contributed by atoms with E-state index in [1.165, 1.54) is 36.7 Å². The Morgan fingerprint density at radius 3 is 2.28 bits per heavy atom. The van der Waals surface area contributed by atoms with Crippen LogP contribution in [0.2, 0.25) is 10.0 Å². The number of piperidine rings is 3. The molecule has 14 heteroatoms. The number of hydrogen-bond acceptors (Lipinski definition) is 9. The molecule has 4 heterocycles. The van der Waals surface area contributed by atoms with Gasteiger partial charge in [0, 0.05) is 37.5 Å². The molecule has 4 aromatic rings. The number of fused-ring (bicyclic) bond motifs is 3. The number of alkyl halides is 2. The Kier molecular flexibility index (Phi) is 13.0. The highest BCUT2D eigenvalue weighted by atomic mass is 35.5. The zero-order valence-electron chi connectivity index (χ0n) is 29.7. The molecule has 3 atom stereocenters. The molecular formula is C40H40Cl2F3N3O6. The smallest absolute Gasteiger partial charge is 0.387 e. The number of aromatic nitrogens is 1. The maximum atomic E-state index is 15.0. The number of benzene rings is 3. The second kappa shape index (κ2) is 17.9. The third-order valence-corrected chi connectivity index (χ3v) is 10.2. The molecular weight excluding hydrogens is 746 g/mol. The molecule has 0 spiro atoms. The van der Waals surface area contributed by atoms with E-state index in [4.69, 9.17) is 37.4 Å². The Labute approximate surface area is 321 Å². The van der Waals surface area contributed by atoms with Gasteiger partial charge in [-0.1, -0.05) is 59.6 Å². The van der Waals surface area contributed by atoms with E-state index in [2.05, 4.69) is 19.9 Å². The van der Waals surface area contributed by atoms with Crippen LogP contribution in [0.25, 0.3) is 0 Å². The number of halogens is 5. The van der Waals surface area contributed by atoms with Gasteiger partial charge in [0.1, 0.15) is 24.1 Å². The molecule has 0 saturated carbocycles. The van der Waals surface area contributed by atoms with Crippen molar-refractivity contribution in [1.82, 2.24) is 15.2 Å². The number of pyridine rings is 1. The summed E-state index contributed by atoms with van der Waals surface area (Å²) in [4.78, 5) is 33.4. The fourth-order valence-electron chi connectivity index (χ4n) is 6.78. The van der Waals surface area contributed by atoms with Crippen molar-refractivity contribution in [2.75, 3.05) is 19.6 Å². The van der Waals surface area contributed by atoms with E-state index in [9.17, 15) is 22.8 Å². The second-order valence-corrected chi connectivity index (χ2v) is 14.4. The van der Waals surface area contributed by atoms with E-state index in [1.54, 1.807) is 56.3 Å². The van der Waals surface area contributed by atoms with Crippen LogP contribution in [0.3, 0.4) is 0 Å². The van der Waals surface area contributed by atoms with Crippen LogP contribution in [0, 0.1) is 11.7 Å². The molecule has 1 aromatic heterocycles. The Hall–Kier alpha value is -4.36. The van der Waals surface area contributed by atoms with Gasteiger partial charge in [0.05, 0.1) is 21.7 Å².